The monoisotopic (exact) mass is 763 g/mol. The van der Waals surface area contributed by atoms with Gasteiger partial charge in [-0.3, -0.25) is 4.79 Å². The summed E-state index contributed by atoms with van der Waals surface area (Å²) in [4.78, 5) is 16.1. The molecule has 0 radical (unpaired) electrons. The molecule has 3 aromatic rings. The van der Waals surface area contributed by atoms with Gasteiger partial charge in [-0.25, -0.2) is 4.39 Å². The van der Waals surface area contributed by atoms with Crippen molar-refractivity contribution in [1.29, 1.82) is 0 Å². The van der Waals surface area contributed by atoms with E-state index in [4.69, 9.17) is 18.2 Å². The second-order valence-electron chi connectivity index (χ2n) is 18.4. The molecule has 1 amide bonds. The van der Waals surface area contributed by atoms with E-state index in [1.807, 2.05) is 81.1 Å². The van der Waals surface area contributed by atoms with Gasteiger partial charge in [-0.2, -0.15) is 0 Å². The second-order valence-corrected chi connectivity index (χ2v) is 29.1. The van der Waals surface area contributed by atoms with Crippen molar-refractivity contribution in [2.75, 3.05) is 10.7 Å². The molecule has 0 bridgehead atoms. The summed E-state index contributed by atoms with van der Waals surface area (Å²) in [6.07, 6.45) is -0.284. The van der Waals surface area contributed by atoms with E-state index in [0.717, 1.165) is 28.0 Å². The molecular weight excluding hydrogens is 705 g/mol. The number of thioether (sulfide) groups is 1. The average Bonchev–Trinajstić information content (AvgIpc) is 3.25. The van der Waals surface area contributed by atoms with Gasteiger partial charge in [0, 0.05) is 11.4 Å². The molecular formula is C41H59BFNO5SSi2. The highest BCUT2D eigenvalue weighted by molar-refractivity contribution is 8.00. The lowest BCUT2D eigenvalue weighted by molar-refractivity contribution is -0.123. The van der Waals surface area contributed by atoms with Gasteiger partial charge in [0.05, 0.1) is 23.3 Å². The van der Waals surface area contributed by atoms with Gasteiger partial charge in [-0.05, 0) is 117 Å². The number of amides is 1. The highest BCUT2D eigenvalue weighted by atomic mass is 32.2. The van der Waals surface area contributed by atoms with E-state index in [-0.39, 0.29) is 39.2 Å². The molecule has 2 fully saturated rings. The van der Waals surface area contributed by atoms with E-state index in [9.17, 15) is 9.18 Å². The quantitative estimate of drug-likeness (QED) is 0.143. The standard InChI is InChI=1S/C41H59BFNO5SSi2/c1-38(2,3)51(11,12)46-33-25-17-29(18-26-33)35-36(50-27-34(28-15-21-31(43)22-16-28)47-52(13,14)39(4,5)6)37(45)44(35)32-23-19-30(20-24-32)42-48-40(7,8)41(9,10)49-42/h15-26,34-36H,27H2,1-14H3/t34-,35-,36-/m1/s1. The van der Waals surface area contributed by atoms with E-state index >= 15 is 0 Å². The fourth-order valence-corrected chi connectivity index (χ4v) is 9.58. The molecule has 0 unspecified atom stereocenters. The summed E-state index contributed by atoms with van der Waals surface area (Å²) in [7, 11) is -4.71. The lowest BCUT2D eigenvalue weighted by Crippen LogP contribution is -2.58. The van der Waals surface area contributed by atoms with Crippen LogP contribution in [0.25, 0.3) is 0 Å². The van der Waals surface area contributed by atoms with Gasteiger partial charge in [0.2, 0.25) is 14.2 Å². The molecule has 2 aliphatic heterocycles. The summed E-state index contributed by atoms with van der Waals surface area (Å²) in [6.45, 7) is 30.5. The zero-order valence-electron chi connectivity index (χ0n) is 33.7. The Hall–Kier alpha value is -2.41. The van der Waals surface area contributed by atoms with E-state index in [1.54, 1.807) is 11.8 Å². The predicted molar refractivity (Wildman–Crippen MR) is 220 cm³/mol. The molecule has 5 rings (SSSR count). The minimum absolute atomic E-state index is 0.0119. The van der Waals surface area contributed by atoms with E-state index < -0.39 is 35.0 Å². The Balaban J connectivity index is 1.44. The fraction of sp³-hybridized carbons (Fsp3) is 0.537. The van der Waals surface area contributed by atoms with Crippen LogP contribution in [0.1, 0.15) is 92.5 Å². The Bertz CT molecular complexity index is 1700. The van der Waals surface area contributed by atoms with Crippen molar-refractivity contribution in [2.24, 2.45) is 0 Å². The second kappa shape index (κ2) is 14.3. The first-order valence-electron chi connectivity index (χ1n) is 18.5. The molecule has 2 saturated heterocycles. The topological polar surface area (TPSA) is 57.2 Å². The Kier molecular flexibility index (Phi) is 11.2. The fourth-order valence-electron chi connectivity index (χ4n) is 5.79. The van der Waals surface area contributed by atoms with Crippen molar-refractivity contribution in [3.63, 3.8) is 0 Å². The SMILES string of the molecule is CC1(C)OB(c2ccc(N3C(=O)[C@H](SC[C@@H](O[Si](C)(C)C(C)(C)C)c4ccc(F)cc4)[C@H]3c3ccc(O[Si](C)(C)C(C)(C)C)cc3)cc2)OC1(C)C. The third kappa shape index (κ3) is 8.30. The average molecular weight is 764 g/mol. The molecule has 11 heteroatoms. The number of nitrogens with zero attached hydrogens (tertiary/aromatic N) is 1. The van der Waals surface area contributed by atoms with Crippen LogP contribution >= 0.6 is 11.8 Å². The molecule has 0 saturated carbocycles. The van der Waals surface area contributed by atoms with E-state index in [0.29, 0.717) is 5.75 Å². The number of anilines is 1. The van der Waals surface area contributed by atoms with Gasteiger partial charge >= 0.3 is 7.12 Å². The molecule has 2 heterocycles. The molecule has 0 N–H and O–H groups in total. The number of halogens is 1. The molecule has 282 valence electrons. The van der Waals surface area contributed by atoms with Crippen LogP contribution in [0.3, 0.4) is 0 Å². The van der Waals surface area contributed by atoms with Crippen molar-refractivity contribution in [2.45, 2.75) is 134 Å². The number of hydrogen-bond acceptors (Lipinski definition) is 6. The summed E-state index contributed by atoms with van der Waals surface area (Å²) in [5.41, 5.74) is 2.80. The smallest absolute Gasteiger partial charge is 0.494 e. The first-order chi connectivity index (χ1) is 23.8. The van der Waals surface area contributed by atoms with Crippen LogP contribution in [-0.2, 0) is 18.5 Å². The largest absolute Gasteiger partial charge is 0.544 e. The highest BCUT2D eigenvalue weighted by Gasteiger charge is 2.53. The van der Waals surface area contributed by atoms with E-state index in [1.165, 1.54) is 12.1 Å². The van der Waals surface area contributed by atoms with Crippen molar-refractivity contribution in [3.05, 3.63) is 89.7 Å². The third-order valence-corrected chi connectivity index (χ3v) is 22.2. The van der Waals surface area contributed by atoms with Crippen molar-refractivity contribution < 1.29 is 27.3 Å². The third-order valence-electron chi connectivity index (χ3n) is 12.1. The summed E-state index contributed by atoms with van der Waals surface area (Å²) >= 11 is 1.62. The van der Waals surface area contributed by atoms with Crippen LogP contribution in [-0.4, -0.2) is 51.9 Å². The van der Waals surface area contributed by atoms with Crippen LogP contribution < -0.4 is 14.8 Å². The number of β-lactam (4-membered cyclic amide) rings is 1. The van der Waals surface area contributed by atoms with Crippen molar-refractivity contribution >= 4 is 52.6 Å². The van der Waals surface area contributed by atoms with E-state index in [2.05, 4.69) is 79.9 Å². The zero-order valence-corrected chi connectivity index (χ0v) is 36.5. The number of hydrogen-bond donors (Lipinski definition) is 0. The Labute approximate surface area is 318 Å². The Morgan fingerprint density at radius 2 is 1.33 bits per heavy atom. The minimum Gasteiger partial charge on any atom is -0.544 e. The van der Waals surface area contributed by atoms with Gasteiger partial charge in [0.25, 0.3) is 0 Å². The van der Waals surface area contributed by atoms with Crippen molar-refractivity contribution in [3.8, 4) is 5.75 Å². The summed E-state index contributed by atoms with van der Waals surface area (Å²) in [5, 5.41) is -0.271. The number of rotatable bonds is 11. The molecule has 6 nitrogen and oxygen atoms in total. The van der Waals surface area contributed by atoms with Crippen LogP contribution in [0.4, 0.5) is 10.1 Å². The first-order valence-corrected chi connectivity index (χ1v) is 25.3. The highest BCUT2D eigenvalue weighted by Crippen LogP contribution is 2.48. The maximum Gasteiger partial charge on any atom is 0.494 e. The molecule has 52 heavy (non-hydrogen) atoms. The molecule has 0 aliphatic carbocycles. The Morgan fingerprint density at radius 1 is 0.808 bits per heavy atom. The summed E-state index contributed by atoms with van der Waals surface area (Å²) in [5.74, 6) is 1.18. The van der Waals surface area contributed by atoms with Crippen molar-refractivity contribution in [1.82, 2.24) is 0 Å². The lowest BCUT2D eigenvalue weighted by Gasteiger charge is -2.48. The van der Waals surface area contributed by atoms with Gasteiger partial charge in [0.1, 0.15) is 16.8 Å². The predicted octanol–water partition coefficient (Wildman–Crippen LogP) is 10.5. The van der Waals surface area contributed by atoms with Crippen LogP contribution in [0.15, 0.2) is 72.8 Å². The van der Waals surface area contributed by atoms with Gasteiger partial charge in [0.15, 0.2) is 8.32 Å². The van der Waals surface area contributed by atoms with Crippen LogP contribution in [0.5, 0.6) is 5.75 Å². The first kappa shape index (κ1) is 40.8. The lowest BCUT2D eigenvalue weighted by atomic mass is 9.79. The number of benzene rings is 3. The van der Waals surface area contributed by atoms with Gasteiger partial charge in [-0.15, -0.1) is 11.8 Å². The normalized spacial score (nSPS) is 21.2. The molecule has 3 atom stereocenters. The van der Waals surface area contributed by atoms with Crippen LogP contribution in [0.2, 0.25) is 36.3 Å². The number of carbonyl (C=O) groups is 1. The number of carbonyl (C=O) groups excluding carboxylic acids is 1. The Morgan fingerprint density at radius 3 is 1.83 bits per heavy atom. The maximum atomic E-state index is 14.2. The summed E-state index contributed by atoms with van der Waals surface area (Å²) in [6, 6.07) is 22.6. The van der Waals surface area contributed by atoms with Crippen LogP contribution in [0, 0.1) is 5.82 Å². The molecule has 3 aromatic carbocycles. The minimum atomic E-state index is -2.20. The zero-order chi connectivity index (χ0) is 38.7. The maximum absolute atomic E-state index is 14.2. The molecule has 2 aliphatic rings. The summed E-state index contributed by atoms with van der Waals surface area (Å²) < 4.78 is 40.1. The molecule has 0 aromatic heterocycles. The van der Waals surface area contributed by atoms with Gasteiger partial charge < -0.3 is 23.1 Å². The molecule has 0 spiro atoms. The van der Waals surface area contributed by atoms with Gasteiger partial charge in [-0.1, -0.05) is 77.9 Å².